The minimum absolute atomic E-state index is 0.143. The number of benzene rings is 1. The van der Waals surface area contributed by atoms with Gasteiger partial charge in [0.15, 0.2) is 5.82 Å². The number of hydrogen-bond acceptors (Lipinski definition) is 5. The summed E-state index contributed by atoms with van der Waals surface area (Å²) in [7, 11) is 2.01. The Hall–Kier alpha value is -1.72. The Labute approximate surface area is 119 Å². The van der Waals surface area contributed by atoms with Gasteiger partial charge in [0.1, 0.15) is 0 Å². The number of aryl methyl sites for hydroxylation is 1. The lowest BCUT2D eigenvalue weighted by molar-refractivity contribution is 0.175. The molecule has 1 N–H and O–H groups in total. The van der Waals surface area contributed by atoms with Crippen molar-refractivity contribution in [3.8, 4) is 0 Å². The van der Waals surface area contributed by atoms with E-state index in [0.717, 1.165) is 6.42 Å². The van der Waals surface area contributed by atoms with Gasteiger partial charge in [-0.2, -0.15) is 4.98 Å². The van der Waals surface area contributed by atoms with E-state index in [1.54, 1.807) is 0 Å². The molecule has 0 aliphatic rings. The van der Waals surface area contributed by atoms with Crippen LogP contribution in [-0.2, 0) is 13.0 Å². The highest BCUT2D eigenvalue weighted by Crippen LogP contribution is 2.23. The van der Waals surface area contributed by atoms with Crippen LogP contribution < -0.4 is 0 Å². The van der Waals surface area contributed by atoms with Gasteiger partial charge in [0.2, 0.25) is 5.89 Å². The molecule has 1 aromatic heterocycles. The van der Waals surface area contributed by atoms with Crippen LogP contribution in [0.3, 0.4) is 0 Å². The zero-order valence-electron chi connectivity index (χ0n) is 12.0. The molecular formula is C15H21N3O2. The van der Waals surface area contributed by atoms with E-state index in [4.69, 9.17) is 4.52 Å². The van der Waals surface area contributed by atoms with E-state index >= 15 is 0 Å². The highest BCUT2D eigenvalue weighted by Gasteiger charge is 2.18. The molecule has 0 amide bonds. The lowest BCUT2D eigenvalue weighted by Crippen LogP contribution is -2.25. The Morgan fingerprint density at radius 1 is 1.30 bits per heavy atom. The van der Waals surface area contributed by atoms with E-state index < -0.39 is 0 Å². The summed E-state index contributed by atoms with van der Waals surface area (Å²) < 4.78 is 5.12. The van der Waals surface area contributed by atoms with E-state index in [-0.39, 0.29) is 12.6 Å². The summed E-state index contributed by atoms with van der Waals surface area (Å²) in [6, 6.07) is 10.3. The molecule has 2 rings (SSSR count). The number of nitrogens with zero attached hydrogens (tertiary/aromatic N) is 3. The van der Waals surface area contributed by atoms with Crippen LogP contribution in [-0.4, -0.2) is 33.8 Å². The van der Waals surface area contributed by atoms with Crippen LogP contribution in [0.2, 0.25) is 0 Å². The molecular weight excluding hydrogens is 254 g/mol. The van der Waals surface area contributed by atoms with E-state index in [1.165, 1.54) is 5.56 Å². The number of aromatic nitrogens is 2. The van der Waals surface area contributed by atoms with Gasteiger partial charge in [0.05, 0.1) is 6.54 Å². The number of rotatable bonds is 7. The summed E-state index contributed by atoms with van der Waals surface area (Å²) in [5.74, 6) is 1.34. The standard InChI is InChI=1S/C15H21N3O2/c1-3-15-16-14(17-20-15)11-18(2)13(9-10-19)12-7-5-4-6-8-12/h4-8,13,19H,3,9-11H2,1-2H3. The number of aliphatic hydroxyl groups excluding tert-OH is 1. The van der Waals surface area contributed by atoms with Crippen molar-refractivity contribution >= 4 is 0 Å². The fraction of sp³-hybridized carbons (Fsp3) is 0.467. The second-order valence-electron chi connectivity index (χ2n) is 4.81. The first-order valence-corrected chi connectivity index (χ1v) is 6.92. The van der Waals surface area contributed by atoms with Crippen molar-refractivity contribution in [3.63, 3.8) is 0 Å². The van der Waals surface area contributed by atoms with Gasteiger partial charge in [-0.15, -0.1) is 0 Å². The summed E-state index contributed by atoms with van der Waals surface area (Å²) in [6.45, 7) is 2.74. The van der Waals surface area contributed by atoms with E-state index in [9.17, 15) is 5.11 Å². The fourth-order valence-electron chi connectivity index (χ4n) is 2.27. The molecule has 1 unspecified atom stereocenters. The van der Waals surface area contributed by atoms with Crippen LogP contribution in [0.1, 0.15) is 36.7 Å². The second kappa shape index (κ2) is 7.17. The Bertz CT molecular complexity index is 513. The summed E-state index contributed by atoms with van der Waals surface area (Å²) in [5, 5.41) is 13.3. The van der Waals surface area contributed by atoms with Crippen LogP contribution in [0.15, 0.2) is 34.9 Å². The fourth-order valence-corrected chi connectivity index (χ4v) is 2.27. The Morgan fingerprint density at radius 2 is 2.05 bits per heavy atom. The molecule has 0 spiro atoms. The molecule has 5 heteroatoms. The maximum Gasteiger partial charge on any atom is 0.226 e. The van der Waals surface area contributed by atoms with E-state index in [1.807, 2.05) is 32.2 Å². The molecule has 1 heterocycles. The predicted molar refractivity (Wildman–Crippen MR) is 76.0 cm³/mol. The van der Waals surface area contributed by atoms with Crippen LogP contribution in [0.4, 0.5) is 0 Å². The third-order valence-corrected chi connectivity index (χ3v) is 3.32. The maximum atomic E-state index is 9.28. The maximum absolute atomic E-state index is 9.28. The molecule has 20 heavy (non-hydrogen) atoms. The van der Waals surface area contributed by atoms with Gasteiger partial charge in [-0.3, -0.25) is 4.90 Å². The summed E-state index contributed by atoms with van der Waals surface area (Å²) >= 11 is 0. The zero-order valence-corrected chi connectivity index (χ0v) is 12.0. The van der Waals surface area contributed by atoms with Crippen molar-refractivity contribution in [1.82, 2.24) is 15.0 Å². The molecule has 0 saturated heterocycles. The minimum Gasteiger partial charge on any atom is -0.396 e. The molecule has 1 aromatic carbocycles. The van der Waals surface area contributed by atoms with Gasteiger partial charge in [0, 0.05) is 19.1 Å². The Balaban J connectivity index is 2.08. The van der Waals surface area contributed by atoms with Crippen molar-refractivity contribution in [2.75, 3.05) is 13.7 Å². The molecule has 0 fully saturated rings. The molecule has 0 aliphatic carbocycles. The van der Waals surface area contributed by atoms with Crippen molar-refractivity contribution in [1.29, 1.82) is 0 Å². The molecule has 0 saturated carbocycles. The Morgan fingerprint density at radius 3 is 2.65 bits per heavy atom. The molecule has 108 valence electrons. The van der Waals surface area contributed by atoms with Crippen molar-refractivity contribution in [2.24, 2.45) is 0 Å². The summed E-state index contributed by atoms with van der Waals surface area (Å²) in [4.78, 5) is 6.46. The molecule has 0 aliphatic heterocycles. The molecule has 2 aromatic rings. The largest absolute Gasteiger partial charge is 0.396 e. The third kappa shape index (κ3) is 3.65. The smallest absolute Gasteiger partial charge is 0.226 e. The SMILES string of the molecule is CCc1nc(CN(C)C(CCO)c2ccccc2)no1. The topological polar surface area (TPSA) is 62.4 Å². The van der Waals surface area contributed by atoms with Crippen molar-refractivity contribution in [3.05, 3.63) is 47.6 Å². The average Bonchev–Trinajstić information content (AvgIpc) is 2.93. The van der Waals surface area contributed by atoms with Gasteiger partial charge in [-0.1, -0.05) is 42.4 Å². The van der Waals surface area contributed by atoms with Crippen LogP contribution in [0.25, 0.3) is 0 Å². The minimum atomic E-state index is 0.143. The second-order valence-corrected chi connectivity index (χ2v) is 4.81. The monoisotopic (exact) mass is 275 g/mol. The van der Waals surface area contributed by atoms with Gasteiger partial charge in [-0.05, 0) is 19.0 Å². The van der Waals surface area contributed by atoms with E-state index in [2.05, 4.69) is 27.2 Å². The van der Waals surface area contributed by atoms with Crippen LogP contribution in [0.5, 0.6) is 0 Å². The molecule has 0 bridgehead atoms. The highest BCUT2D eigenvalue weighted by molar-refractivity contribution is 5.19. The lowest BCUT2D eigenvalue weighted by Gasteiger charge is -2.26. The van der Waals surface area contributed by atoms with Gasteiger partial charge in [0.25, 0.3) is 0 Å². The van der Waals surface area contributed by atoms with Crippen LogP contribution in [0, 0.1) is 0 Å². The van der Waals surface area contributed by atoms with Crippen molar-refractivity contribution in [2.45, 2.75) is 32.4 Å². The van der Waals surface area contributed by atoms with Gasteiger partial charge < -0.3 is 9.63 Å². The normalized spacial score (nSPS) is 12.8. The van der Waals surface area contributed by atoms with E-state index in [0.29, 0.717) is 24.7 Å². The lowest BCUT2D eigenvalue weighted by atomic mass is 10.0. The first kappa shape index (κ1) is 14.7. The third-order valence-electron chi connectivity index (χ3n) is 3.32. The van der Waals surface area contributed by atoms with Gasteiger partial charge in [-0.25, -0.2) is 0 Å². The molecule has 1 atom stereocenters. The average molecular weight is 275 g/mol. The first-order chi connectivity index (χ1) is 9.74. The zero-order chi connectivity index (χ0) is 14.4. The summed E-state index contributed by atoms with van der Waals surface area (Å²) in [5.41, 5.74) is 1.18. The van der Waals surface area contributed by atoms with Crippen LogP contribution >= 0.6 is 0 Å². The first-order valence-electron chi connectivity index (χ1n) is 6.92. The molecule has 0 radical (unpaired) electrons. The predicted octanol–water partition coefficient (Wildman–Crippen LogP) is 2.19. The van der Waals surface area contributed by atoms with Gasteiger partial charge >= 0.3 is 0 Å². The summed E-state index contributed by atoms with van der Waals surface area (Å²) in [6.07, 6.45) is 1.43. The number of aliphatic hydroxyl groups is 1. The molecule has 5 nitrogen and oxygen atoms in total. The van der Waals surface area contributed by atoms with Crippen molar-refractivity contribution < 1.29 is 9.63 Å². The number of hydrogen-bond donors (Lipinski definition) is 1. The highest BCUT2D eigenvalue weighted by atomic mass is 16.5. The quantitative estimate of drug-likeness (QED) is 0.839. The Kier molecular flexibility index (Phi) is 5.26.